The van der Waals surface area contributed by atoms with Crippen LogP contribution in [-0.2, 0) is 0 Å². The first-order valence-corrected chi connectivity index (χ1v) is 16.0. The van der Waals surface area contributed by atoms with Crippen LogP contribution in [0.4, 0.5) is 0 Å². The van der Waals surface area contributed by atoms with Crippen LogP contribution in [-0.4, -0.2) is 0 Å². The fraction of sp³-hybridized carbons (Fsp3) is 0. The fourth-order valence-corrected chi connectivity index (χ4v) is 7.50. The molecule has 0 aliphatic rings. The van der Waals surface area contributed by atoms with Gasteiger partial charge in [0, 0.05) is 0 Å². The van der Waals surface area contributed by atoms with E-state index in [4.69, 9.17) is 0 Å². The highest BCUT2D eigenvalue weighted by Gasteiger charge is 2.22. The fourth-order valence-electron chi connectivity index (χ4n) is 7.50. The summed E-state index contributed by atoms with van der Waals surface area (Å²) in [5.41, 5.74) is 10.0. The minimum atomic E-state index is 1.22. The van der Waals surface area contributed by atoms with Crippen LogP contribution in [0.15, 0.2) is 182 Å². The summed E-state index contributed by atoms with van der Waals surface area (Å²) < 4.78 is 0. The molecule has 0 nitrogen and oxygen atoms in total. The van der Waals surface area contributed by atoms with E-state index in [1.807, 2.05) is 0 Å². The summed E-state index contributed by atoms with van der Waals surface area (Å²) in [5.74, 6) is 0. The van der Waals surface area contributed by atoms with Crippen molar-refractivity contribution in [2.45, 2.75) is 0 Å². The molecule has 9 rings (SSSR count). The Morgan fingerprint density at radius 2 is 0.630 bits per heavy atom. The normalized spacial score (nSPS) is 11.5. The van der Waals surface area contributed by atoms with Gasteiger partial charge in [-0.15, -0.1) is 0 Å². The monoisotopic (exact) mass is 582 g/mol. The highest BCUT2D eigenvalue weighted by Crippen LogP contribution is 2.50. The van der Waals surface area contributed by atoms with Gasteiger partial charge in [-0.25, -0.2) is 0 Å². The SMILES string of the molecule is c1ccc(-c2ccccc2-c2cccc3c(-c4cccc5ccccc45)c4ccccc4c(-c4cccc5ccccc45)c23)cc1. The van der Waals surface area contributed by atoms with Gasteiger partial charge in [0.25, 0.3) is 0 Å². The highest BCUT2D eigenvalue weighted by atomic mass is 14.2. The molecule has 0 aliphatic carbocycles. The van der Waals surface area contributed by atoms with Crippen molar-refractivity contribution in [2.24, 2.45) is 0 Å². The van der Waals surface area contributed by atoms with Crippen LogP contribution in [0.3, 0.4) is 0 Å². The molecule has 0 heteroatoms. The van der Waals surface area contributed by atoms with E-state index in [9.17, 15) is 0 Å². The summed E-state index contributed by atoms with van der Waals surface area (Å²) >= 11 is 0. The zero-order valence-corrected chi connectivity index (χ0v) is 25.3. The highest BCUT2D eigenvalue weighted by molar-refractivity contribution is 6.28. The van der Waals surface area contributed by atoms with Crippen molar-refractivity contribution in [3.63, 3.8) is 0 Å². The first-order chi connectivity index (χ1) is 22.9. The molecule has 0 heterocycles. The summed E-state index contributed by atoms with van der Waals surface area (Å²) in [6.45, 7) is 0. The molecule has 0 bridgehead atoms. The molecule has 9 aromatic rings. The summed E-state index contributed by atoms with van der Waals surface area (Å²) in [6.07, 6.45) is 0. The van der Waals surface area contributed by atoms with Crippen molar-refractivity contribution < 1.29 is 0 Å². The molecule has 214 valence electrons. The van der Waals surface area contributed by atoms with E-state index in [1.165, 1.54) is 87.6 Å². The van der Waals surface area contributed by atoms with Crippen molar-refractivity contribution in [3.05, 3.63) is 182 Å². The molecule has 0 fully saturated rings. The third kappa shape index (κ3) is 4.15. The van der Waals surface area contributed by atoms with Gasteiger partial charge in [-0.1, -0.05) is 182 Å². The minimum absolute atomic E-state index is 1.22. The maximum atomic E-state index is 2.34. The topological polar surface area (TPSA) is 0 Å². The number of rotatable bonds is 4. The maximum Gasteiger partial charge on any atom is -0.00137 e. The van der Waals surface area contributed by atoms with Gasteiger partial charge in [0.05, 0.1) is 0 Å². The smallest absolute Gasteiger partial charge is 0.00137 e. The predicted octanol–water partition coefficient (Wildman–Crippen LogP) is 13.0. The van der Waals surface area contributed by atoms with Crippen LogP contribution < -0.4 is 0 Å². The Bertz CT molecular complexity index is 2560. The van der Waals surface area contributed by atoms with Gasteiger partial charge >= 0.3 is 0 Å². The van der Waals surface area contributed by atoms with Gasteiger partial charge in [0.2, 0.25) is 0 Å². The van der Waals surface area contributed by atoms with E-state index >= 15 is 0 Å². The number of benzene rings is 9. The van der Waals surface area contributed by atoms with Crippen molar-refractivity contribution in [1.82, 2.24) is 0 Å². The molecule has 9 aromatic carbocycles. The van der Waals surface area contributed by atoms with Gasteiger partial charge in [0.1, 0.15) is 0 Å². The molecule has 0 radical (unpaired) electrons. The second-order valence-corrected chi connectivity index (χ2v) is 12.0. The zero-order valence-electron chi connectivity index (χ0n) is 25.3. The Morgan fingerprint density at radius 3 is 1.30 bits per heavy atom. The van der Waals surface area contributed by atoms with E-state index in [0.717, 1.165) is 0 Å². The second-order valence-electron chi connectivity index (χ2n) is 12.0. The summed E-state index contributed by atoms with van der Waals surface area (Å²) in [5, 5.41) is 10.1. The number of hydrogen-bond acceptors (Lipinski definition) is 0. The number of hydrogen-bond donors (Lipinski definition) is 0. The van der Waals surface area contributed by atoms with Crippen molar-refractivity contribution in [1.29, 1.82) is 0 Å². The Morgan fingerprint density at radius 1 is 0.217 bits per heavy atom. The van der Waals surface area contributed by atoms with Gasteiger partial charge in [-0.05, 0) is 87.6 Å². The molecule has 0 amide bonds. The quantitative estimate of drug-likeness (QED) is 0.181. The van der Waals surface area contributed by atoms with Crippen LogP contribution in [0.25, 0.3) is 87.6 Å². The van der Waals surface area contributed by atoms with E-state index in [1.54, 1.807) is 0 Å². The van der Waals surface area contributed by atoms with Gasteiger partial charge in [-0.2, -0.15) is 0 Å². The van der Waals surface area contributed by atoms with Gasteiger partial charge in [0.15, 0.2) is 0 Å². The first kappa shape index (κ1) is 26.4. The standard InChI is InChI=1S/C46H30/c1-2-15-31(16-3-1)34-21-8-9-24-37(34)40-29-14-30-43-44(38-27-12-19-32-17-4-6-22-35(32)38)41-25-10-11-26-42(41)45(46(40)43)39-28-13-20-33-18-5-7-23-36(33)39/h1-30H. The molecular weight excluding hydrogens is 553 g/mol. The minimum Gasteiger partial charge on any atom is -0.0622 e. The average Bonchev–Trinajstić information content (AvgIpc) is 3.13. The van der Waals surface area contributed by atoms with E-state index < -0.39 is 0 Å². The molecule has 46 heavy (non-hydrogen) atoms. The van der Waals surface area contributed by atoms with E-state index in [2.05, 4.69) is 182 Å². The third-order valence-electron chi connectivity index (χ3n) is 9.47. The lowest BCUT2D eigenvalue weighted by Crippen LogP contribution is -1.95. The zero-order chi connectivity index (χ0) is 30.5. The summed E-state index contributed by atoms with van der Waals surface area (Å²) in [4.78, 5) is 0. The van der Waals surface area contributed by atoms with Crippen molar-refractivity contribution in [2.75, 3.05) is 0 Å². The Hall–Kier alpha value is -5.98. The van der Waals surface area contributed by atoms with Crippen molar-refractivity contribution in [3.8, 4) is 44.5 Å². The summed E-state index contributed by atoms with van der Waals surface area (Å²) in [6, 6.07) is 66.5. The Labute approximate surface area is 268 Å². The van der Waals surface area contributed by atoms with Crippen LogP contribution in [0.5, 0.6) is 0 Å². The average molecular weight is 583 g/mol. The van der Waals surface area contributed by atoms with E-state index in [-0.39, 0.29) is 0 Å². The summed E-state index contributed by atoms with van der Waals surface area (Å²) in [7, 11) is 0. The predicted molar refractivity (Wildman–Crippen MR) is 198 cm³/mol. The van der Waals surface area contributed by atoms with Crippen LogP contribution in [0.2, 0.25) is 0 Å². The lowest BCUT2D eigenvalue weighted by Gasteiger charge is -2.22. The maximum absolute atomic E-state index is 2.34. The second kappa shape index (κ2) is 10.9. The first-order valence-electron chi connectivity index (χ1n) is 16.0. The van der Waals surface area contributed by atoms with Crippen LogP contribution in [0.1, 0.15) is 0 Å². The molecule has 0 aliphatic heterocycles. The van der Waals surface area contributed by atoms with Crippen molar-refractivity contribution >= 4 is 43.1 Å². The third-order valence-corrected chi connectivity index (χ3v) is 9.47. The largest absolute Gasteiger partial charge is 0.0622 e. The molecule has 0 atom stereocenters. The molecule has 0 saturated carbocycles. The Balaban J connectivity index is 1.52. The Kier molecular flexibility index (Phi) is 6.25. The molecule has 0 unspecified atom stereocenters. The lowest BCUT2D eigenvalue weighted by molar-refractivity contribution is 1.60. The van der Waals surface area contributed by atoms with Crippen LogP contribution >= 0.6 is 0 Å². The van der Waals surface area contributed by atoms with E-state index in [0.29, 0.717) is 0 Å². The molecule has 0 N–H and O–H groups in total. The lowest BCUT2D eigenvalue weighted by atomic mass is 9.80. The molecular formula is C46H30. The van der Waals surface area contributed by atoms with Gasteiger partial charge in [-0.3, -0.25) is 0 Å². The van der Waals surface area contributed by atoms with Crippen LogP contribution in [0, 0.1) is 0 Å². The molecule has 0 saturated heterocycles. The van der Waals surface area contributed by atoms with Gasteiger partial charge < -0.3 is 0 Å². The molecule has 0 aromatic heterocycles. The molecule has 0 spiro atoms. The number of fused-ring (bicyclic) bond motifs is 4.